The van der Waals surface area contributed by atoms with Gasteiger partial charge in [-0.3, -0.25) is 19.9 Å². The van der Waals surface area contributed by atoms with Crippen molar-refractivity contribution in [3.63, 3.8) is 0 Å². The fraction of sp³-hybridized carbons (Fsp3) is 0.550. The number of nitrogens with zero attached hydrogens (tertiary/aromatic N) is 5. The van der Waals surface area contributed by atoms with E-state index in [0.717, 1.165) is 24.0 Å². The summed E-state index contributed by atoms with van der Waals surface area (Å²) < 4.78 is 28.6. The Morgan fingerprint density at radius 3 is 2.71 bits per heavy atom. The number of anilines is 1. The topological polar surface area (TPSA) is 107 Å². The molecule has 10 nitrogen and oxygen atoms in total. The van der Waals surface area contributed by atoms with Crippen LogP contribution in [0, 0.1) is 0 Å². The minimum atomic E-state index is -3.22. The summed E-state index contributed by atoms with van der Waals surface area (Å²) in [7, 11) is -3.22. The van der Waals surface area contributed by atoms with Gasteiger partial charge in [0.05, 0.1) is 22.7 Å². The molecule has 3 aliphatic heterocycles. The Morgan fingerprint density at radius 1 is 1.23 bits per heavy atom. The van der Waals surface area contributed by atoms with Gasteiger partial charge in [0.15, 0.2) is 0 Å². The lowest BCUT2D eigenvalue weighted by Gasteiger charge is -2.34. The fourth-order valence-electron chi connectivity index (χ4n) is 4.84. The predicted octanol–water partition coefficient (Wildman–Crippen LogP) is 0.777. The molecule has 0 radical (unpaired) electrons. The van der Waals surface area contributed by atoms with E-state index < -0.39 is 21.3 Å². The number of carbonyl (C=O) groups is 2. The lowest BCUT2D eigenvalue weighted by Crippen LogP contribution is -2.50. The Labute approximate surface area is 180 Å². The molecule has 2 aromatic heterocycles. The van der Waals surface area contributed by atoms with Gasteiger partial charge in [-0.2, -0.15) is 9.40 Å². The van der Waals surface area contributed by atoms with Crippen molar-refractivity contribution in [1.29, 1.82) is 0 Å². The fourth-order valence-corrected chi connectivity index (χ4v) is 6.33. The van der Waals surface area contributed by atoms with Gasteiger partial charge < -0.3 is 0 Å². The van der Waals surface area contributed by atoms with Crippen molar-refractivity contribution < 1.29 is 18.0 Å². The van der Waals surface area contributed by atoms with Crippen LogP contribution >= 0.6 is 0 Å². The summed E-state index contributed by atoms with van der Waals surface area (Å²) in [5.41, 5.74) is 2.55. The highest BCUT2D eigenvalue weighted by atomic mass is 32.2. The summed E-state index contributed by atoms with van der Waals surface area (Å²) in [6, 6.07) is 3.85. The van der Waals surface area contributed by atoms with Gasteiger partial charge in [-0.05, 0) is 38.0 Å². The minimum absolute atomic E-state index is 0.0428. The summed E-state index contributed by atoms with van der Waals surface area (Å²) in [4.78, 5) is 27.6. The Kier molecular flexibility index (Phi) is 4.79. The van der Waals surface area contributed by atoms with E-state index in [1.165, 1.54) is 0 Å². The number of imide groups is 1. The molecule has 1 N–H and O–H groups in total. The molecular formula is C20H26N6O4S. The van der Waals surface area contributed by atoms with Crippen LogP contribution in [0.1, 0.15) is 32.3 Å². The van der Waals surface area contributed by atoms with E-state index in [-0.39, 0.29) is 24.4 Å². The van der Waals surface area contributed by atoms with Gasteiger partial charge in [-0.25, -0.2) is 17.7 Å². The Bertz CT molecular complexity index is 1160. The molecule has 11 heteroatoms. The van der Waals surface area contributed by atoms with E-state index in [1.807, 2.05) is 18.3 Å². The highest BCUT2D eigenvalue weighted by Crippen LogP contribution is 2.35. The summed E-state index contributed by atoms with van der Waals surface area (Å²) >= 11 is 0. The zero-order valence-corrected chi connectivity index (χ0v) is 18.4. The minimum Gasteiger partial charge on any atom is -0.293 e. The van der Waals surface area contributed by atoms with Gasteiger partial charge >= 0.3 is 6.03 Å². The smallest absolute Gasteiger partial charge is 0.293 e. The van der Waals surface area contributed by atoms with Gasteiger partial charge in [0.1, 0.15) is 0 Å². The third-order valence-electron chi connectivity index (χ3n) is 6.52. The Morgan fingerprint density at radius 2 is 2.03 bits per heavy atom. The molecule has 5 rings (SSSR count). The monoisotopic (exact) mass is 446 g/mol. The highest BCUT2D eigenvalue weighted by Gasteiger charge is 2.48. The maximum atomic E-state index is 12.6. The van der Waals surface area contributed by atoms with Crippen LogP contribution in [0.15, 0.2) is 24.5 Å². The SMILES string of the molecule is CC(C)S(=O)(=O)N1C[C@H]2C[C@@H]1CN2Cc1ccn2ncc(N3CCC(=O)NC3=O)c2c1. The number of pyridine rings is 1. The van der Waals surface area contributed by atoms with E-state index >= 15 is 0 Å². The number of rotatable bonds is 5. The second-order valence-electron chi connectivity index (χ2n) is 8.79. The number of nitrogens with one attached hydrogen (secondary N) is 1. The molecule has 166 valence electrons. The third-order valence-corrected chi connectivity index (χ3v) is 8.81. The summed E-state index contributed by atoms with van der Waals surface area (Å²) in [5, 5.41) is 6.28. The summed E-state index contributed by atoms with van der Waals surface area (Å²) in [6.07, 6.45) is 4.63. The molecule has 0 aromatic carbocycles. The van der Waals surface area contributed by atoms with E-state index in [1.54, 1.807) is 33.8 Å². The van der Waals surface area contributed by atoms with Crippen molar-refractivity contribution in [2.24, 2.45) is 0 Å². The van der Waals surface area contributed by atoms with Crippen LogP contribution in [0.2, 0.25) is 0 Å². The van der Waals surface area contributed by atoms with Gasteiger partial charge in [0, 0.05) is 50.9 Å². The van der Waals surface area contributed by atoms with Gasteiger partial charge in [-0.1, -0.05) is 0 Å². The first-order chi connectivity index (χ1) is 14.7. The molecular weight excluding hydrogens is 420 g/mol. The molecule has 3 amide bonds. The second-order valence-corrected chi connectivity index (χ2v) is 11.2. The standard InChI is InChI=1S/C20H26N6O4S/c1-13(2)31(29,30)26-12-15-8-16(26)11-23(15)10-14-3-6-25-17(7-14)18(9-21-25)24-5-4-19(27)22-20(24)28/h3,6-7,9,13,15-16H,4-5,8,10-12H2,1-2H3,(H,22,27,28)/t15-,16-/m1/s1. The summed E-state index contributed by atoms with van der Waals surface area (Å²) in [5.74, 6) is -0.268. The highest BCUT2D eigenvalue weighted by molar-refractivity contribution is 7.89. The van der Waals surface area contributed by atoms with E-state index in [9.17, 15) is 18.0 Å². The van der Waals surface area contributed by atoms with Crippen LogP contribution in [-0.4, -0.2) is 76.1 Å². The first-order valence-electron chi connectivity index (χ1n) is 10.6. The molecule has 3 fully saturated rings. The van der Waals surface area contributed by atoms with E-state index in [0.29, 0.717) is 25.3 Å². The number of fused-ring (bicyclic) bond motifs is 3. The van der Waals surface area contributed by atoms with Gasteiger partial charge in [-0.15, -0.1) is 0 Å². The number of piperazine rings is 1. The molecule has 2 atom stereocenters. The largest absolute Gasteiger partial charge is 0.328 e. The maximum absolute atomic E-state index is 12.6. The molecule has 0 spiro atoms. The lowest BCUT2D eigenvalue weighted by molar-refractivity contribution is -0.120. The molecule has 2 aromatic rings. The second kappa shape index (κ2) is 7.28. The van der Waals surface area contributed by atoms with Crippen LogP contribution in [0.3, 0.4) is 0 Å². The van der Waals surface area contributed by atoms with Crippen molar-refractivity contribution >= 4 is 33.2 Å². The Hall–Kier alpha value is -2.50. The first kappa shape index (κ1) is 20.4. The molecule has 2 bridgehead atoms. The molecule has 0 saturated carbocycles. The number of likely N-dealkylation sites (tertiary alicyclic amines) is 1. The number of hydrogen-bond acceptors (Lipinski definition) is 6. The maximum Gasteiger partial charge on any atom is 0.328 e. The number of carbonyl (C=O) groups excluding carboxylic acids is 2. The molecule has 5 heterocycles. The van der Waals surface area contributed by atoms with Crippen molar-refractivity contribution in [2.45, 2.75) is 50.6 Å². The van der Waals surface area contributed by atoms with Crippen molar-refractivity contribution in [2.75, 3.05) is 24.5 Å². The van der Waals surface area contributed by atoms with Crippen LogP contribution in [0.4, 0.5) is 10.5 Å². The first-order valence-corrected chi connectivity index (χ1v) is 12.1. The number of hydrogen-bond donors (Lipinski definition) is 1. The zero-order valence-electron chi connectivity index (χ0n) is 17.6. The third kappa shape index (κ3) is 3.40. The molecule has 31 heavy (non-hydrogen) atoms. The van der Waals surface area contributed by atoms with Crippen LogP contribution in [0.25, 0.3) is 5.52 Å². The van der Waals surface area contributed by atoms with Gasteiger partial charge in [0.2, 0.25) is 15.9 Å². The van der Waals surface area contributed by atoms with E-state index in [4.69, 9.17) is 0 Å². The molecule has 0 aliphatic carbocycles. The van der Waals surface area contributed by atoms with Crippen LogP contribution in [-0.2, 0) is 21.4 Å². The Balaban J connectivity index is 1.34. The zero-order chi connectivity index (χ0) is 21.9. The normalized spacial score (nSPS) is 25.2. The number of urea groups is 1. The van der Waals surface area contributed by atoms with Crippen molar-refractivity contribution in [3.8, 4) is 0 Å². The van der Waals surface area contributed by atoms with Crippen LogP contribution in [0.5, 0.6) is 0 Å². The summed E-state index contributed by atoms with van der Waals surface area (Å²) in [6.45, 7) is 5.78. The lowest BCUT2D eigenvalue weighted by atomic mass is 10.2. The van der Waals surface area contributed by atoms with Crippen molar-refractivity contribution in [3.05, 3.63) is 30.1 Å². The molecule has 3 saturated heterocycles. The quantitative estimate of drug-likeness (QED) is 0.727. The van der Waals surface area contributed by atoms with Crippen molar-refractivity contribution in [1.82, 2.24) is 24.1 Å². The number of aromatic nitrogens is 2. The number of amides is 3. The molecule has 3 aliphatic rings. The predicted molar refractivity (Wildman–Crippen MR) is 114 cm³/mol. The number of sulfonamides is 1. The molecule has 0 unspecified atom stereocenters. The van der Waals surface area contributed by atoms with Gasteiger partial charge in [0.25, 0.3) is 0 Å². The van der Waals surface area contributed by atoms with Crippen LogP contribution < -0.4 is 10.2 Å². The van der Waals surface area contributed by atoms with E-state index in [2.05, 4.69) is 15.3 Å². The average Bonchev–Trinajstić information content (AvgIpc) is 3.42. The average molecular weight is 447 g/mol.